The molecule has 0 saturated carbocycles. The monoisotopic (exact) mass is 332 g/mol. The second kappa shape index (κ2) is 7.25. The number of thiazole rings is 1. The van der Waals surface area contributed by atoms with Gasteiger partial charge in [0.25, 0.3) is 0 Å². The van der Waals surface area contributed by atoms with Gasteiger partial charge in [0.2, 0.25) is 5.91 Å². The molecule has 6 heteroatoms. The highest BCUT2D eigenvalue weighted by Crippen LogP contribution is 2.26. The number of carbonyl (C=O) groups excluding carboxylic acids is 1. The van der Waals surface area contributed by atoms with Crippen LogP contribution in [0.1, 0.15) is 55.9 Å². The summed E-state index contributed by atoms with van der Waals surface area (Å²) in [7, 11) is 0. The van der Waals surface area contributed by atoms with Gasteiger partial charge >= 0.3 is 0 Å². The summed E-state index contributed by atoms with van der Waals surface area (Å²) in [4.78, 5) is 23.3. The van der Waals surface area contributed by atoms with Crippen molar-refractivity contribution in [2.75, 3.05) is 13.1 Å². The number of aromatic nitrogens is 3. The van der Waals surface area contributed by atoms with Gasteiger partial charge in [-0.2, -0.15) is 0 Å². The molecule has 0 radical (unpaired) electrons. The van der Waals surface area contributed by atoms with Crippen molar-refractivity contribution in [1.82, 2.24) is 19.4 Å². The lowest BCUT2D eigenvalue weighted by Crippen LogP contribution is -2.41. The summed E-state index contributed by atoms with van der Waals surface area (Å²) >= 11 is 1.62. The second-order valence-electron chi connectivity index (χ2n) is 6.41. The first-order valence-corrected chi connectivity index (χ1v) is 9.22. The molecule has 0 aliphatic carbocycles. The van der Waals surface area contributed by atoms with E-state index in [-0.39, 0.29) is 5.91 Å². The quantitative estimate of drug-likeness (QED) is 0.844. The van der Waals surface area contributed by atoms with E-state index in [4.69, 9.17) is 0 Å². The molecule has 5 nitrogen and oxygen atoms in total. The van der Waals surface area contributed by atoms with Crippen molar-refractivity contribution in [2.24, 2.45) is 0 Å². The van der Waals surface area contributed by atoms with Crippen LogP contribution in [0.3, 0.4) is 0 Å². The Morgan fingerprint density at radius 3 is 3.00 bits per heavy atom. The number of rotatable bonds is 5. The molecular formula is C17H24N4OS. The lowest BCUT2D eigenvalue weighted by Gasteiger charge is -2.34. The third kappa shape index (κ3) is 3.80. The highest BCUT2D eigenvalue weighted by molar-refractivity contribution is 7.09. The summed E-state index contributed by atoms with van der Waals surface area (Å²) < 4.78 is 2.27. The maximum Gasteiger partial charge on any atom is 0.223 e. The molecule has 0 aromatic carbocycles. The zero-order chi connectivity index (χ0) is 16.2. The number of carbonyl (C=O) groups is 1. The summed E-state index contributed by atoms with van der Waals surface area (Å²) in [5.41, 5.74) is 0. The van der Waals surface area contributed by atoms with Crippen LogP contribution in [0, 0.1) is 0 Å². The maximum atomic E-state index is 12.5. The highest BCUT2D eigenvalue weighted by atomic mass is 32.1. The number of amides is 1. The molecular weight excluding hydrogens is 308 g/mol. The second-order valence-corrected chi connectivity index (χ2v) is 7.39. The van der Waals surface area contributed by atoms with Gasteiger partial charge in [-0.15, -0.1) is 11.3 Å². The summed E-state index contributed by atoms with van der Waals surface area (Å²) in [6.07, 6.45) is 9.22. The third-order valence-corrected chi connectivity index (χ3v) is 5.23. The minimum absolute atomic E-state index is 0.246. The average molecular weight is 332 g/mol. The van der Waals surface area contributed by atoms with Crippen LogP contribution < -0.4 is 0 Å². The standard InChI is InChI=1S/C17H24N4OS/c1-13(2)17-19-7-10-21(17)14-4-3-9-20(12-14)16(22)6-5-15-18-8-11-23-15/h7-8,10-11,13-14H,3-6,9,12H2,1-2H3/t14-/m1/s1. The SMILES string of the molecule is CC(C)c1nccn1[C@@H]1CCCN(C(=O)CCc2nccs2)C1. The zero-order valence-corrected chi connectivity index (χ0v) is 14.6. The van der Waals surface area contributed by atoms with Crippen LogP contribution in [0.4, 0.5) is 0 Å². The van der Waals surface area contributed by atoms with Crippen molar-refractivity contribution in [3.05, 3.63) is 34.8 Å². The van der Waals surface area contributed by atoms with E-state index < -0.39 is 0 Å². The lowest BCUT2D eigenvalue weighted by molar-refractivity contribution is -0.132. The predicted molar refractivity (Wildman–Crippen MR) is 91.6 cm³/mol. The fourth-order valence-electron chi connectivity index (χ4n) is 3.24. The number of piperidine rings is 1. The first-order chi connectivity index (χ1) is 11.1. The van der Waals surface area contributed by atoms with E-state index in [2.05, 4.69) is 34.6 Å². The molecule has 3 rings (SSSR count). The minimum Gasteiger partial charge on any atom is -0.341 e. The molecule has 1 amide bonds. The number of nitrogens with zero attached hydrogens (tertiary/aromatic N) is 4. The molecule has 2 aromatic rings. The molecule has 1 aliphatic rings. The van der Waals surface area contributed by atoms with Gasteiger partial charge in [0.1, 0.15) is 5.82 Å². The average Bonchev–Trinajstić information content (AvgIpc) is 3.24. The molecule has 1 aliphatic heterocycles. The zero-order valence-electron chi connectivity index (χ0n) is 13.8. The molecule has 1 saturated heterocycles. The van der Waals surface area contributed by atoms with Crippen molar-refractivity contribution in [3.63, 3.8) is 0 Å². The normalized spacial score (nSPS) is 18.6. The van der Waals surface area contributed by atoms with Crippen LogP contribution >= 0.6 is 11.3 Å². The van der Waals surface area contributed by atoms with Crippen molar-refractivity contribution >= 4 is 17.2 Å². The van der Waals surface area contributed by atoms with Crippen LogP contribution in [-0.4, -0.2) is 38.4 Å². The van der Waals surface area contributed by atoms with E-state index >= 15 is 0 Å². The van der Waals surface area contributed by atoms with E-state index in [1.165, 1.54) is 0 Å². The van der Waals surface area contributed by atoms with E-state index in [9.17, 15) is 4.79 Å². The number of aryl methyl sites for hydroxylation is 1. The van der Waals surface area contributed by atoms with Crippen molar-refractivity contribution in [1.29, 1.82) is 0 Å². The van der Waals surface area contributed by atoms with Crippen LogP contribution in [0.25, 0.3) is 0 Å². The molecule has 0 bridgehead atoms. The first kappa shape index (κ1) is 16.2. The van der Waals surface area contributed by atoms with E-state index in [0.29, 0.717) is 18.4 Å². The summed E-state index contributed by atoms with van der Waals surface area (Å²) in [6, 6.07) is 0.354. The Morgan fingerprint density at radius 1 is 1.39 bits per heavy atom. The summed E-state index contributed by atoms with van der Waals surface area (Å²) in [5.74, 6) is 1.77. The largest absolute Gasteiger partial charge is 0.341 e. The van der Waals surface area contributed by atoms with Crippen molar-refractivity contribution in [2.45, 2.75) is 51.5 Å². The van der Waals surface area contributed by atoms with Crippen molar-refractivity contribution < 1.29 is 4.79 Å². The molecule has 1 atom stereocenters. The van der Waals surface area contributed by atoms with Crippen molar-refractivity contribution in [3.8, 4) is 0 Å². The Kier molecular flexibility index (Phi) is 5.10. The van der Waals surface area contributed by atoms with Gasteiger partial charge in [-0.25, -0.2) is 9.97 Å². The van der Waals surface area contributed by atoms with Crippen LogP contribution in [-0.2, 0) is 11.2 Å². The van der Waals surface area contributed by atoms with Crippen LogP contribution in [0.15, 0.2) is 24.0 Å². The Morgan fingerprint density at radius 2 is 2.26 bits per heavy atom. The molecule has 0 spiro atoms. The van der Waals surface area contributed by atoms with Gasteiger partial charge in [0, 0.05) is 55.8 Å². The molecule has 3 heterocycles. The first-order valence-electron chi connectivity index (χ1n) is 8.34. The van der Waals surface area contributed by atoms with Gasteiger partial charge in [0.15, 0.2) is 0 Å². The third-order valence-electron chi connectivity index (χ3n) is 4.39. The summed E-state index contributed by atoms with van der Waals surface area (Å²) in [5, 5.41) is 3.01. The fraction of sp³-hybridized carbons (Fsp3) is 0.588. The van der Waals surface area contributed by atoms with Gasteiger partial charge < -0.3 is 9.47 Å². The Bertz CT molecular complexity index is 635. The van der Waals surface area contributed by atoms with Gasteiger partial charge in [-0.1, -0.05) is 13.8 Å². The molecule has 2 aromatic heterocycles. The highest BCUT2D eigenvalue weighted by Gasteiger charge is 2.26. The predicted octanol–water partition coefficient (Wildman–Crippen LogP) is 3.26. The van der Waals surface area contributed by atoms with E-state index in [1.54, 1.807) is 17.5 Å². The molecule has 124 valence electrons. The topological polar surface area (TPSA) is 51.0 Å². The molecule has 1 fully saturated rings. The lowest BCUT2D eigenvalue weighted by atomic mass is 10.0. The minimum atomic E-state index is 0.246. The number of hydrogen-bond acceptors (Lipinski definition) is 4. The summed E-state index contributed by atoms with van der Waals surface area (Å²) in [6.45, 7) is 6.00. The number of hydrogen-bond donors (Lipinski definition) is 0. The van der Waals surface area contributed by atoms with Crippen LogP contribution in [0.5, 0.6) is 0 Å². The van der Waals surface area contributed by atoms with E-state index in [0.717, 1.165) is 43.2 Å². The Hall–Kier alpha value is -1.69. The Balaban J connectivity index is 1.61. The molecule has 23 heavy (non-hydrogen) atoms. The number of likely N-dealkylation sites (tertiary alicyclic amines) is 1. The van der Waals surface area contributed by atoms with E-state index in [1.807, 2.05) is 16.5 Å². The molecule has 0 N–H and O–H groups in total. The Labute approximate surface area is 141 Å². The maximum absolute atomic E-state index is 12.5. The van der Waals surface area contributed by atoms with Gasteiger partial charge in [0.05, 0.1) is 11.0 Å². The fourth-order valence-corrected chi connectivity index (χ4v) is 3.86. The van der Waals surface area contributed by atoms with Gasteiger partial charge in [-0.3, -0.25) is 4.79 Å². The van der Waals surface area contributed by atoms with Gasteiger partial charge in [-0.05, 0) is 12.8 Å². The number of imidazole rings is 1. The van der Waals surface area contributed by atoms with Crippen LogP contribution in [0.2, 0.25) is 0 Å². The molecule has 0 unspecified atom stereocenters. The smallest absolute Gasteiger partial charge is 0.223 e.